The molecule has 0 amide bonds. The summed E-state index contributed by atoms with van der Waals surface area (Å²) < 4.78 is 0. The summed E-state index contributed by atoms with van der Waals surface area (Å²) in [6.07, 6.45) is 0. The number of benzene rings is 11. The second kappa shape index (κ2) is 14.3. The number of anilines is 3. The minimum Gasteiger partial charge on any atom is -0.310 e. The van der Waals surface area contributed by atoms with E-state index in [1.54, 1.807) is 0 Å². The van der Waals surface area contributed by atoms with Gasteiger partial charge in [0, 0.05) is 22.5 Å². The van der Waals surface area contributed by atoms with E-state index < -0.39 is 10.8 Å². The molecule has 0 fully saturated rings. The minimum absolute atomic E-state index is 0.174. The monoisotopic (exact) mass is 889 g/mol. The van der Waals surface area contributed by atoms with Gasteiger partial charge in [-0.05, 0) is 159 Å². The first kappa shape index (κ1) is 39.5. The molecule has 0 bridgehead atoms. The lowest BCUT2D eigenvalue weighted by Gasteiger charge is -2.35. The highest BCUT2D eigenvalue weighted by Crippen LogP contribution is 2.64. The zero-order chi connectivity index (χ0) is 46.3. The minimum atomic E-state index is -0.540. The van der Waals surface area contributed by atoms with E-state index in [1.807, 2.05) is 0 Å². The van der Waals surface area contributed by atoms with Gasteiger partial charge >= 0.3 is 0 Å². The molecule has 1 nitrogen and oxygen atoms in total. The van der Waals surface area contributed by atoms with Gasteiger partial charge in [0.1, 0.15) is 0 Å². The Morgan fingerprint density at radius 2 is 0.586 bits per heavy atom. The maximum atomic E-state index is 2.56. The van der Waals surface area contributed by atoms with Crippen LogP contribution in [0.15, 0.2) is 249 Å². The van der Waals surface area contributed by atoms with Crippen molar-refractivity contribution in [1.29, 1.82) is 0 Å². The van der Waals surface area contributed by atoms with Crippen LogP contribution in [0.1, 0.15) is 69.5 Å². The predicted octanol–water partition coefficient (Wildman–Crippen LogP) is 17.3. The van der Waals surface area contributed by atoms with E-state index in [2.05, 4.69) is 267 Å². The molecular formula is C69H47N. The van der Waals surface area contributed by atoms with Crippen LogP contribution in [0.5, 0.6) is 0 Å². The molecule has 4 aliphatic carbocycles. The van der Waals surface area contributed by atoms with Gasteiger partial charge in [0.15, 0.2) is 0 Å². The van der Waals surface area contributed by atoms with Gasteiger partial charge in [-0.25, -0.2) is 0 Å². The summed E-state index contributed by atoms with van der Waals surface area (Å²) in [6.45, 7) is 4.78. The van der Waals surface area contributed by atoms with Gasteiger partial charge < -0.3 is 4.90 Å². The van der Waals surface area contributed by atoms with Crippen molar-refractivity contribution >= 4 is 27.8 Å². The maximum Gasteiger partial charge on any atom is 0.0726 e. The normalized spacial score (nSPS) is 16.4. The topological polar surface area (TPSA) is 3.24 Å². The third-order valence-corrected chi connectivity index (χ3v) is 16.7. The lowest BCUT2D eigenvalue weighted by molar-refractivity contribution is 0.660. The third kappa shape index (κ3) is 5.01. The van der Waals surface area contributed by atoms with E-state index in [0.29, 0.717) is 0 Å². The molecule has 1 spiro atoms. The molecular weight excluding hydrogens is 843 g/mol. The first-order valence-electron chi connectivity index (χ1n) is 24.7. The molecule has 4 aliphatic rings. The third-order valence-electron chi connectivity index (χ3n) is 16.7. The summed E-state index contributed by atoms with van der Waals surface area (Å²) in [5, 5.41) is 2.53. The number of hydrogen-bond donors (Lipinski definition) is 0. The molecule has 1 atom stereocenters. The van der Waals surface area contributed by atoms with Crippen molar-refractivity contribution in [3.8, 4) is 44.5 Å². The quantitative estimate of drug-likeness (QED) is 0.166. The van der Waals surface area contributed by atoms with E-state index in [4.69, 9.17) is 0 Å². The van der Waals surface area contributed by atoms with Crippen LogP contribution in [0.25, 0.3) is 55.3 Å². The van der Waals surface area contributed by atoms with Crippen molar-refractivity contribution < 1.29 is 0 Å². The Morgan fingerprint density at radius 3 is 1.11 bits per heavy atom. The lowest BCUT2D eigenvalue weighted by atomic mass is 9.67. The van der Waals surface area contributed by atoms with Crippen LogP contribution in [0, 0.1) is 0 Å². The number of hydrogen-bond acceptors (Lipinski definition) is 1. The molecule has 11 aromatic carbocycles. The van der Waals surface area contributed by atoms with Crippen molar-refractivity contribution in [2.24, 2.45) is 0 Å². The number of nitrogens with zero attached hydrogens (tertiary/aromatic N) is 1. The van der Waals surface area contributed by atoms with Crippen molar-refractivity contribution in [3.05, 3.63) is 304 Å². The molecule has 1 unspecified atom stereocenters. The van der Waals surface area contributed by atoms with Crippen LogP contribution in [0.2, 0.25) is 0 Å². The molecule has 1 heteroatoms. The summed E-state index contributed by atoms with van der Waals surface area (Å²) in [7, 11) is 0. The second-order valence-corrected chi connectivity index (χ2v) is 20.3. The van der Waals surface area contributed by atoms with Gasteiger partial charge in [0.2, 0.25) is 0 Å². The number of fused-ring (bicyclic) bond motifs is 17. The first-order valence-corrected chi connectivity index (χ1v) is 24.7. The van der Waals surface area contributed by atoms with Gasteiger partial charge in [-0.3, -0.25) is 0 Å². The molecule has 0 saturated carbocycles. The summed E-state index contributed by atoms with van der Waals surface area (Å²) in [5.41, 5.74) is 25.8. The fraction of sp³-hybridized carbons (Fsp3) is 0.0725. The van der Waals surface area contributed by atoms with Gasteiger partial charge in [-0.1, -0.05) is 214 Å². The van der Waals surface area contributed by atoms with Crippen LogP contribution in [-0.4, -0.2) is 0 Å². The summed E-state index contributed by atoms with van der Waals surface area (Å²) >= 11 is 0. The molecule has 0 aromatic heterocycles. The van der Waals surface area contributed by atoms with Crippen molar-refractivity contribution in [2.75, 3.05) is 4.90 Å². The van der Waals surface area contributed by atoms with Gasteiger partial charge in [-0.2, -0.15) is 0 Å². The highest BCUT2D eigenvalue weighted by Gasteiger charge is 2.52. The zero-order valence-corrected chi connectivity index (χ0v) is 39.1. The molecule has 11 aromatic rings. The Morgan fingerprint density at radius 1 is 0.243 bits per heavy atom. The van der Waals surface area contributed by atoms with E-state index in [-0.39, 0.29) is 5.41 Å². The molecule has 328 valence electrons. The molecule has 0 N–H and O–H groups in total. The van der Waals surface area contributed by atoms with E-state index >= 15 is 0 Å². The average Bonchev–Trinajstić information content (AvgIpc) is 4.06. The Kier molecular flexibility index (Phi) is 8.04. The SMILES string of the molecule is CC1(C)c2ccccc2-c2ccc(N(c3ccc4c(c3)C(c3ccccc3)(c3ccccc3)c3ccccc3-4)c3ccc4c(c3)C3(c5ccccc5-4)c4ccccc4-c4cc5ccccc5cc43)cc21. The van der Waals surface area contributed by atoms with Crippen molar-refractivity contribution in [3.63, 3.8) is 0 Å². The van der Waals surface area contributed by atoms with Crippen molar-refractivity contribution in [1.82, 2.24) is 0 Å². The largest absolute Gasteiger partial charge is 0.310 e. The first-order chi connectivity index (χ1) is 34.5. The van der Waals surface area contributed by atoms with E-state index in [9.17, 15) is 0 Å². The van der Waals surface area contributed by atoms with Crippen molar-refractivity contribution in [2.45, 2.75) is 30.1 Å². The van der Waals surface area contributed by atoms with Crippen LogP contribution >= 0.6 is 0 Å². The highest BCUT2D eigenvalue weighted by molar-refractivity contribution is 6.01. The fourth-order valence-corrected chi connectivity index (χ4v) is 13.8. The van der Waals surface area contributed by atoms with Crippen LogP contribution in [0.4, 0.5) is 17.1 Å². The van der Waals surface area contributed by atoms with E-state index in [0.717, 1.165) is 17.1 Å². The molecule has 0 heterocycles. The molecule has 70 heavy (non-hydrogen) atoms. The Balaban J connectivity index is 1.02. The average molecular weight is 890 g/mol. The second-order valence-electron chi connectivity index (χ2n) is 20.3. The molecule has 0 aliphatic heterocycles. The van der Waals surface area contributed by atoms with Gasteiger partial charge in [0.05, 0.1) is 10.8 Å². The van der Waals surface area contributed by atoms with Crippen LogP contribution < -0.4 is 4.90 Å². The predicted molar refractivity (Wildman–Crippen MR) is 290 cm³/mol. The standard InChI is InChI=1S/C69H47N/c1-67(2)59-29-15-11-25-51(59)55-36-33-48(41-63(55)67)70(49-34-37-56-52-26-12-16-30-60(52)68(65(56)42-49,46-21-5-3-6-22-46)47-23-7-4-8-24-47)50-35-38-57-53-27-13-17-31-61(53)69(66(57)43-50)62-32-18-14-28-54(62)58-39-44-19-9-10-20-45(44)40-64(58)69/h3-43H,1-2H3. The lowest BCUT2D eigenvalue weighted by Crippen LogP contribution is -2.28. The van der Waals surface area contributed by atoms with Crippen LogP contribution in [-0.2, 0) is 16.2 Å². The highest BCUT2D eigenvalue weighted by atomic mass is 15.1. The van der Waals surface area contributed by atoms with E-state index in [1.165, 1.54) is 111 Å². The number of rotatable bonds is 5. The molecule has 0 saturated heterocycles. The molecule has 0 radical (unpaired) electrons. The van der Waals surface area contributed by atoms with Gasteiger partial charge in [-0.15, -0.1) is 0 Å². The Labute approximate surface area is 409 Å². The zero-order valence-electron chi connectivity index (χ0n) is 39.1. The van der Waals surface area contributed by atoms with Gasteiger partial charge in [0.25, 0.3) is 0 Å². The maximum absolute atomic E-state index is 2.56. The summed E-state index contributed by atoms with van der Waals surface area (Å²) in [6, 6.07) is 94.4. The summed E-state index contributed by atoms with van der Waals surface area (Å²) in [5.74, 6) is 0. The fourth-order valence-electron chi connectivity index (χ4n) is 13.8. The Hall–Kier alpha value is -8.52. The van der Waals surface area contributed by atoms with Crippen LogP contribution in [0.3, 0.4) is 0 Å². The smallest absolute Gasteiger partial charge is 0.0726 e. The Bertz CT molecular complexity index is 3950. The summed E-state index contributed by atoms with van der Waals surface area (Å²) in [4.78, 5) is 2.56. The molecule has 15 rings (SSSR count).